The Morgan fingerprint density at radius 1 is 1.06 bits per heavy atom. The fraction of sp³-hybridized carbons (Fsp3) is 0.250. The lowest BCUT2D eigenvalue weighted by Crippen LogP contribution is -2.19. The maximum atomic E-state index is 13.3. The smallest absolute Gasteiger partial charge is 0.256 e. The van der Waals surface area contributed by atoms with Gasteiger partial charge in [-0.3, -0.25) is 9.48 Å². The molecule has 0 radical (unpaired) electrons. The summed E-state index contributed by atoms with van der Waals surface area (Å²) in [5, 5.41) is 8.25. The van der Waals surface area contributed by atoms with Crippen LogP contribution in [0.5, 0.6) is 0 Å². The van der Waals surface area contributed by atoms with Crippen LogP contribution in [-0.4, -0.2) is 38.7 Å². The van der Waals surface area contributed by atoms with E-state index in [0.29, 0.717) is 16.9 Å². The van der Waals surface area contributed by atoms with Gasteiger partial charge in [0, 0.05) is 25.7 Å². The van der Waals surface area contributed by atoms with E-state index in [2.05, 4.69) is 20.3 Å². The predicted octanol–water partition coefficient (Wildman–Crippen LogP) is 4.19. The molecule has 1 aliphatic rings. The summed E-state index contributed by atoms with van der Waals surface area (Å²) in [4.78, 5) is 24.9. The summed E-state index contributed by atoms with van der Waals surface area (Å²) in [6, 6.07) is 15.6. The maximum absolute atomic E-state index is 13.3. The lowest BCUT2D eigenvalue weighted by Gasteiger charge is -2.16. The molecule has 1 fully saturated rings. The SMILES string of the molecule is Cc1nn(C)c2nc(-c3ccccc3)cc(C(=O)Nc3ccc(N4CCCC4)nc3)c12. The number of amides is 1. The van der Waals surface area contributed by atoms with E-state index in [4.69, 9.17) is 4.98 Å². The number of nitrogens with zero attached hydrogens (tertiary/aromatic N) is 5. The van der Waals surface area contributed by atoms with Gasteiger partial charge in [-0.25, -0.2) is 9.97 Å². The molecule has 1 aliphatic heterocycles. The van der Waals surface area contributed by atoms with Gasteiger partial charge in [-0.1, -0.05) is 30.3 Å². The Labute approximate surface area is 180 Å². The van der Waals surface area contributed by atoms with Gasteiger partial charge in [0.05, 0.1) is 34.2 Å². The minimum Gasteiger partial charge on any atom is -0.357 e. The fourth-order valence-electron chi connectivity index (χ4n) is 4.17. The molecule has 3 aromatic heterocycles. The molecule has 5 rings (SSSR count). The number of benzene rings is 1. The molecule has 7 nitrogen and oxygen atoms in total. The molecule has 4 aromatic rings. The van der Waals surface area contributed by atoms with Crippen LogP contribution in [0.2, 0.25) is 0 Å². The third kappa shape index (κ3) is 3.63. The van der Waals surface area contributed by atoms with E-state index < -0.39 is 0 Å². The third-order valence-electron chi connectivity index (χ3n) is 5.72. The largest absolute Gasteiger partial charge is 0.357 e. The highest BCUT2D eigenvalue weighted by atomic mass is 16.1. The summed E-state index contributed by atoms with van der Waals surface area (Å²) in [5.41, 5.74) is 4.38. The molecular weight excluding hydrogens is 388 g/mol. The van der Waals surface area contributed by atoms with Crippen LogP contribution in [0, 0.1) is 6.92 Å². The maximum Gasteiger partial charge on any atom is 0.256 e. The third-order valence-corrected chi connectivity index (χ3v) is 5.72. The summed E-state index contributed by atoms with van der Waals surface area (Å²) in [5.74, 6) is 0.757. The van der Waals surface area contributed by atoms with Crippen LogP contribution in [0.1, 0.15) is 28.9 Å². The van der Waals surface area contributed by atoms with E-state index in [1.807, 2.05) is 62.5 Å². The normalized spacial score (nSPS) is 13.7. The van der Waals surface area contributed by atoms with Gasteiger partial charge in [-0.2, -0.15) is 5.10 Å². The summed E-state index contributed by atoms with van der Waals surface area (Å²) < 4.78 is 1.72. The van der Waals surface area contributed by atoms with Crippen molar-refractivity contribution in [3.05, 3.63) is 66.0 Å². The van der Waals surface area contributed by atoms with Crippen molar-refractivity contribution in [2.45, 2.75) is 19.8 Å². The van der Waals surface area contributed by atoms with Crippen molar-refractivity contribution in [2.24, 2.45) is 7.05 Å². The number of hydrogen-bond acceptors (Lipinski definition) is 5. The van der Waals surface area contributed by atoms with Gasteiger partial charge in [0.1, 0.15) is 5.82 Å². The van der Waals surface area contributed by atoms with Crippen LogP contribution >= 0.6 is 0 Å². The van der Waals surface area contributed by atoms with E-state index >= 15 is 0 Å². The number of aryl methyl sites for hydroxylation is 2. The van der Waals surface area contributed by atoms with Crippen LogP contribution in [0.3, 0.4) is 0 Å². The number of nitrogens with one attached hydrogen (secondary N) is 1. The Morgan fingerprint density at radius 3 is 2.55 bits per heavy atom. The standard InChI is InChI=1S/C24H24N6O/c1-16-22-19(14-20(17-8-4-3-5-9-17)27-23(22)29(2)28-16)24(31)26-18-10-11-21(25-15-18)30-12-6-7-13-30/h3-5,8-11,14-15H,6-7,12-13H2,1-2H3,(H,26,31). The summed E-state index contributed by atoms with van der Waals surface area (Å²) in [7, 11) is 1.85. The molecule has 1 aromatic carbocycles. The van der Waals surface area contributed by atoms with Gasteiger partial charge in [-0.15, -0.1) is 0 Å². The molecule has 0 unspecified atom stereocenters. The second-order valence-corrected chi connectivity index (χ2v) is 7.88. The second kappa shape index (κ2) is 7.83. The molecule has 1 N–H and O–H groups in total. The minimum atomic E-state index is -0.198. The summed E-state index contributed by atoms with van der Waals surface area (Å²) >= 11 is 0. The monoisotopic (exact) mass is 412 g/mol. The predicted molar refractivity (Wildman–Crippen MR) is 122 cm³/mol. The number of rotatable bonds is 4. The van der Waals surface area contributed by atoms with Gasteiger partial charge >= 0.3 is 0 Å². The minimum absolute atomic E-state index is 0.198. The Hall–Kier alpha value is -3.74. The van der Waals surface area contributed by atoms with E-state index in [0.717, 1.165) is 41.2 Å². The van der Waals surface area contributed by atoms with E-state index in [9.17, 15) is 4.79 Å². The second-order valence-electron chi connectivity index (χ2n) is 7.88. The molecule has 1 amide bonds. The molecule has 7 heteroatoms. The van der Waals surface area contributed by atoms with Crippen molar-refractivity contribution in [3.63, 3.8) is 0 Å². The number of carbonyl (C=O) groups excluding carboxylic acids is 1. The number of pyridine rings is 2. The van der Waals surface area contributed by atoms with Crippen molar-refractivity contribution >= 4 is 28.4 Å². The topological polar surface area (TPSA) is 75.9 Å². The zero-order valence-corrected chi connectivity index (χ0v) is 17.7. The highest BCUT2D eigenvalue weighted by molar-refractivity contribution is 6.13. The first-order valence-corrected chi connectivity index (χ1v) is 10.5. The van der Waals surface area contributed by atoms with Crippen molar-refractivity contribution in [1.82, 2.24) is 19.7 Å². The molecular formula is C24H24N6O. The van der Waals surface area contributed by atoms with Crippen molar-refractivity contribution < 1.29 is 4.79 Å². The zero-order valence-electron chi connectivity index (χ0n) is 17.7. The molecule has 0 bridgehead atoms. The van der Waals surface area contributed by atoms with Crippen molar-refractivity contribution in [2.75, 3.05) is 23.3 Å². The number of carbonyl (C=O) groups is 1. The number of anilines is 2. The molecule has 1 saturated heterocycles. The quantitative estimate of drug-likeness (QED) is 0.544. The van der Waals surface area contributed by atoms with E-state index in [1.54, 1.807) is 10.9 Å². The molecule has 31 heavy (non-hydrogen) atoms. The average molecular weight is 412 g/mol. The number of hydrogen-bond donors (Lipinski definition) is 1. The van der Waals surface area contributed by atoms with Crippen molar-refractivity contribution in [3.8, 4) is 11.3 Å². The Bertz CT molecular complexity index is 1240. The molecule has 0 atom stereocenters. The summed E-state index contributed by atoms with van der Waals surface area (Å²) in [6.45, 7) is 3.97. The first kappa shape index (κ1) is 19.2. The van der Waals surface area contributed by atoms with E-state index in [-0.39, 0.29) is 5.91 Å². The van der Waals surface area contributed by atoms with Gasteiger partial charge in [0.25, 0.3) is 5.91 Å². The highest BCUT2D eigenvalue weighted by Gasteiger charge is 2.20. The number of fused-ring (bicyclic) bond motifs is 1. The van der Waals surface area contributed by atoms with Crippen LogP contribution < -0.4 is 10.2 Å². The first-order valence-electron chi connectivity index (χ1n) is 10.5. The van der Waals surface area contributed by atoms with Crippen LogP contribution in [0.25, 0.3) is 22.3 Å². The molecule has 156 valence electrons. The molecule has 0 spiro atoms. The Morgan fingerprint density at radius 2 is 1.84 bits per heavy atom. The zero-order chi connectivity index (χ0) is 21.4. The van der Waals surface area contributed by atoms with Crippen LogP contribution in [0.15, 0.2) is 54.7 Å². The van der Waals surface area contributed by atoms with E-state index in [1.165, 1.54) is 12.8 Å². The highest BCUT2D eigenvalue weighted by Crippen LogP contribution is 2.28. The molecule has 0 saturated carbocycles. The van der Waals surface area contributed by atoms with Gasteiger partial charge in [-0.05, 0) is 38.0 Å². The van der Waals surface area contributed by atoms with Crippen molar-refractivity contribution in [1.29, 1.82) is 0 Å². The van der Waals surface area contributed by atoms with Gasteiger partial charge in [0.2, 0.25) is 0 Å². The van der Waals surface area contributed by atoms with Gasteiger partial charge < -0.3 is 10.2 Å². The first-order chi connectivity index (χ1) is 15.1. The average Bonchev–Trinajstić information content (AvgIpc) is 3.43. The fourth-order valence-corrected chi connectivity index (χ4v) is 4.17. The molecule has 4 heterocycles. The lowest BCUT2D eigenvalue weighted by atomic mass is 10.0. The molecule has 0 aliphatic carbocycles. The van der Waals surface area contributed by atoms with Gasteiger partial charge in [0.15, 0.2) is 5.65 Å². The number of aromatic nitrogens is 4. The Kier molecular flexibility index (Phi) is 4.86. The summed E-state index contributed by atoms with van der Waals surface area (Å²) in [6.07, 6.45) is 4.12. The van der Waals surface area contributed by atoms with Crippen LogP contribution in [-0.2, 0) is 7.05 Å². The van der Waals surface area contributed by atoms with Crippen LogP contribution in [0.4, 0.5) is 11.5 Å². The lowest BCUT2D eigenvalue weighted by molar-refractivity contribution is 0.102. The Balaban J connectivity index is 1.50.